The molecule has 2 aromatic carbocycles. The van der Waals surface area contributed by atoms with E-state index in [1.165, 1.54) is 25.7 Å². The highest BCUT2D eigenvalue weighted by Crippen LogP contribution is 2.30. The van der Waals surface area contributed by atoms with Gasteiger partial charge in [0.05, 0.1) is 23.4 Å². The molecule has 1 aliphatic rings. The van der Waals surface area contributed by atoms with Crippen LogP contribution in [0.2, 0.25) is 0 Å². The number of anilines is 2. The van der Waals surface area contributed by atoms with Crippen LogP contribution < -0.4 is 14.8 Å². The van der Waals surface area contributed by atoms with Crippen molar-refractivity contribution in [2.24, 2.45) is 0 Å². The van der Waals surface area contributed by atoms with Crippen molar-refractivity contribution in [3.63, 3.8) is 0 Å². The molecule has 0 saturated carbocycles. The van der Waals surface area contributed by atoms with Crippen LogP contribution in [0.25, 0.3) is 0 Å². The van der Waals surface area contributed by atoms with Crippen molar-refractivity contribution in [3.8, 4) is 5.75 Å². The molecule has 0 heterocycles. The van der Waals surface area contributed by atoms with Gasteiger partial charge in [-0.3, -0.25) is 9.52 Å². The average Bonchev–Trinajstić information content (AvgIpc) is 3.03. The summed E-state index contributed by atoms with van der Waals surface area (Å²) in [5.41, 5.74) is 3.17. The van der Waals surface area contributed by atoms with Crippen molar-refractivity contribution in [1.29, 1.82) is 0 Å². The molecule has 0 saturated heterocycles. The predicted molar refractivity (Wildman–Crippen MR) is 96.6 cm³/mol. The fraction of sp³-hybridized carbons (Fsp3) is 0.278. The van der Waals surface area contributed by atoms with Crippen LogP contribution in [0, 0.1) is 0 Å². The molecule has 7 heteroatoms. The third-order valence-corrected chi connectivity index (χ3v) is 5.52. The molecule has 1 amide bonds. The minimum atomic E-state index is -3.69. The van der Waals surface area contributed by atoms with Gasteiger partial charge in [0, 0.05) is 13.0 Å². The van der Waals surface area contributed by atoms with E-state index >= 15 is 0 Å². The van der Waals surface area contributed by atoms with Gasteiger partial charge in [-0.1, -0.05) is 6.07 Å². The van der Waals surface area contributed by atoms with Gasteiger partial charge in [-0.2, -0.15) is 0 Å². The lowest BCUT2D eigenvalue weighted by atomic mass is 10.1. The first kappa shape index (κ1) is 17.3. The summed E-state index contributed by atoms with van der Waals surface area (Å²) in [6, 6.07) is 9.98. The van der Waals surface area contributed by atoms with E-state index in [1.54, 1.807) is 24.3 Å². The third kappa shape index (κ3) is 3.76. The lowest BCUT2D eigenvalue weighted by Crippen LogP contribution is -2.14. The smallest absolute Gasteiger partial charge is 0.261 e. The van der Waals surface area contributed by atoms with Gasteiger partial charge >= 0.3 is 0 Å². The van der Waals surface area contributed by atoms with Gasteiger partial charge in [0.25, 0.3) is 10.0 Å². The summed E-state index contributed by atoms with van der Waals surface area (Å²) in [4.78, 5) is 11.4. The Morgan fingerprint density at radius 2 is 1.84 bits per heavy atom. The second kappa shape index (κ2) is 6.76. The van der Waals surface area contributed by atoms with Crippen LogP contribution in [-0.4, -0.2) is 21.4 Å². The van der Waals surface area contributed by atoms with Crippen molar-refractivity contribution < 1.29 is 17.9 Å². The maximum atomic E-state index is 12.6. The van der Waals surface area contributed by atoms with Crippen LogP contribution in [0.1, 0.15) is 24.5 Å². The number of rotatable bonds is 5. The number of hydrogen-bond donors (Lipinski definition) is 2. The molecule has 2 N–H and O–H groups in total. The zero-order valence-electron chi connectivity index (χ0n) is 14.1. The molecular formula is C18H20N2O4S. The van der Waals surface area contributed by atoms with Crippen LogP contribution in [0.15, 0.2) is 41.3 Å². The van der Waals surface area contributed by atoms with Crippen LogP contribution in [-0.2, 0) is 27.7 Å². The quantitative estimate of drug-likeness (QED) is 0.859. The molecule has 0 aromatic heterocycles. The van der Waals surface area contributed by atoms with E-state index in [-0.39, 0.29) is 10.8 Å². The molecule has 0 unspecified atom stereocenters. The Labute approximate surface area is 147 Å². The van der Waals surface area contributed by atoms with Gasteiger partial charge in [-0.15, -0.1) is 0 Å². The molecule has 0 fully saturated rings. The molecule has 0 aliphatic heterocycles. The molecule has 132 valence electrons. The van der Waals surface area contributed by atoms with Gasteiger partial charge in [-0.25, -0.2) is 8.42 Å². The predicted octanol–water partition coefficient (Wildman–Crippen LogP) is 2.94. The zero-order valence-corrected chi connectivity index (χ0v) is 14.9. The van der Waals surface area contributed by atoms with Crippen LogP contribution in [0.3, 0.4) is 0 Å². The monoisotopic (exact) mass is 360 g/mol. The van der Waals surface area contributed by atoms with E-state index in [0.717, 1.165) is 24.8 Å². The Kier molecular flexibility index (Phi) is 4.67. The minimum Gasteiger partial charge on any atom is -0.494 e. The van der Waals surface area contributed by atoms with E-state index < -0.39 is 10.0 Å². The van der Waals surface area contributed by atoms with Crippen molar-refractivity contribution in [2.75, 3.05) is 17.1 Å². The average molecular weight is 360 g/mol. The Balaban J connectivity index is 1.86. The topological polar surface area (TPSA) is 84.5 Å². The minimum absolute atomic E-state index is 0.232. The number of carbonyl (C=O) groups is 1. The van der Waals surface area contributed by atoms with Gasteiger partial charge in [0.15, 0.2) is 0 Å². The van der Waals surface area contributed by atoms with Crippen LogP contribution in [0.4, 0.5) is 11.4 Å². The summed E-state index contributed by atoms with van der Waals surface area (Å²) >= 11 is 0. The highest BCUT2D eigenvalue weighted by Gasteiger charge is 2.19. The summed E-state index contributed by atoms with van der Waals surface area (Å²) in [6.07, 6.45) is 2.98. The molecule has 25 heavy (non-hydrogen) atoms. The third-order valence-electron chi connectivity index (χ3n) is 4.14. The van der Waals surface area contributed by atoms with E-state index in [4.69, 9.17) is 4.74 Å². The maximum absolute atomic E-state index is 12.6. The van der Waals surface area contributed by atoms with Crippen molar-refractivity contribution in [3.05, 3.63) is 47.5 Å². The van der Waals surface area contributed by atoms with E-state index in [2.05, 4.69) is 10.0 Å². The fourth-order valence-corrected chi connectivity index (χ4v) is 4.08. The Morgan fingerprint density at radius 3 is 2.56 bits per heavy atom. The number of ether oxygens (including phenoxy) is 1. The van der Waals surface area contributed by atoms with Crippen molar-refractivity contribution in [1.82, 2.24) is 0 Å². The zero-order chi connectivity index (χ0) is 18.0. The fourth-order valence-electron chi connectivity index (χ4n) is 2.98. The Morgan fingerprint density at radius 1 is 1.08 bits per heavy atom. The number of methoxy groups -OCH3 is 1. The molecule has 0 atom stereocenters. The summed E-state index contributed by atoms with van der Waals surface area (Å²) < 4.78 is 33.1. The molecule has 6 nitrogen and oxygen atoms in total. The maximum Gasteiger partial charge on any atom is 0.261 e. The van der Waals surface area contributed by atoms with Gasteiger partial charge in [-0.05, 0) is 54.7 Å². The van der Waals surface area contributed by atoms with Crippen molar-refractivity contribution in [2.45, 2.75) is 31.1 Å². The standard InChI is InChI=1S/C18H20N2O4S/c1-12(21)19-17-9-7-15(11-18(17)24-2)20-25(22,23)16-8-6-13-4-3-5-14(13)10-16/h6-11,20H,3-5H2,1-2H3,(H,19,21). The lowest BCUT2D eigenvalue weighted by Gasteiger charge is -2.13. The molecule has 0 radical (unpaired) electrons. The summed E-state index contributed by atoms with van der Waals surface area (Å²) in [6.45, 7) is 1.39. The molecular weight excluding hydrogens is 340 g/mol. The van der Waals surface area contributed by atoms with Crippen molar-refractivity contribution >= 4 is 27.3 Å². The normalized spacial score (nSPS) is 13.2. The largest absolute Gasteiger partial charge is 0.494 e. The molecule has 3 rings (SSSR count). The van der Waals surface area contributed by atoms with Crippen LogP contribution >= 0.6 is 0 Å². The lowest BCUT2D eigenvalue weighted by molar-refractivity contribution is -0.114. The summed E-state index contributed by atoms with van der Waals surface area (Å²) in [5.74, 6) is 0.147. The highest BCUT2D eigenvalue weighted by atomic mass is 32.2. The summed E-state index contributed by atoms with van der Waals surface area (Å²) in [7, 11) is -2.23. The van der Waals surface area contributed by atoms with Crippen LogP contribution in [0.5, 0.6) is 5.75 Å². The van der Waals surface area contributed by atoms with Gasteiger partial charge < -0.3 is 10.1 Å². The Hall–Kier alpha value is -2.54. The molecule has 2 aromatic rings. The number of carbonyl (C=O) groups excluding carboxylic acids is 1. The first-order valence-corrected chi connectivity index (χ1v) is 9.47. The first-order valence-electron chi connectivity index (χ1n) is 7.99. The second-order valence-corrected chi connectivity index (χ2v) is 7.67. The second-order valence-electron chi connectivity index (χ2n) is 5.99. The number of aryl methyl sites for hydroxylation is 2. The molecule has 1 aliphatic carbocycles. The number of nitrogens with one attached hydrogen (secondary N) is 2. The number of hydrogen-bond acceptors (Lipinski definition) is 4. The van der Waals surface area contributed by atoms with Gasteiger partial charge in [0.2, 0.25) is 5.91 Å². The molecule has 0 bridgehead atoms. The number of sulfonamides is 1. The van der Waals surface area contributed by atoms with E-state index in [9.17, 15) is 13.2 Å². The number of benzene rings is 2. The van der Waals surface area contributed by atoms with E-state index in [0.29, 0.717) is 17.1 Å². The van der Waals surface area contributed by atoms with E-state index in [1.807, 2.05) is 6.07 Å². The first-order chi connectivity index (χ1) is 11.9. The molecule has 0 spiro atoms. The number of fused-ring (bicyclic) bond motifs is 1. The SMILES string of the molecule is COc1cc(NS(=O)(=O)c2ccc3c(c2)CCC3)ccc1NC(C)=O. The highest BCUT2D eigenvalue weighted by molar-refractivity contribution is 7.92. The summed E-state index contributed by atoms with van der Waals surface area (Å²) in [5, 5.41) is 2.63. The van der Waals surface area contributed by atoms with Gasteiger partial charge in [0.1, 0.15) is 5.75 Å². The number of amides is 1. The Bertz CT molecular complexity index is 923.